The second kappa shape index (κ2) is 5.01. The Labute approximate surface area is 112 Å². The van der Waals surface area contributed by atoms with Gasteiger partial charge in [-0.1, -0.05) is 12.0 Å². The molecule has 0 aliphatic carbocycles. The van der Waals surface area contributed by atoms with Crippen LogP contribution < -0.4 is 10.9 Å². The molecule has 2 aromatic rings. The number of aromatic amines is 1. The minimum absolute atomic E-state index is 0.170. The number of benzene rings is 1. The van der Waals surface area contributed by atoms with Gasteiger partial charge in [0.25, 0.3) is 5.56 Å². The lowest BCUT2D eigenvalue weighted by molar-refractivity contribution is 1.10. The second-order valence-electron chi connectivity index (χ2n) is 3.24. The van der Waals surface area contributed by atoms with Gasteiger partial charge in [0, 0.05) is 11.3 Å². The van der Waals surface area contributed by atoms with Gasteiger partial charge in [0.2, 0.25) is 0 Å². The van der Waals surface area contributed by atoms with Gasteiger partial charge in [0.15, 0.2) is 5.82 Å². The molecule has 5 heteroatoms. The molecule has 2 rings (SSSR count). The quantitative estimate of drug-likeness (QED) is 0.652. The van der Waals surface area contributed by atoms with Crippen molar-refractivity contribution in [1.29, 1.82) is 0 Å². The first-order valence-corrected chi connectivity index (χ1v) is 5.85. The Kier molecular flexibility index (Phi) is 3.44. The van der Waals surface area contributed by atoms with Crippen LogP contribution in [-0.4, -0.2) is 9.97 Å². The van der Waals surface area contributed by atoms with Crippen LogP contribution in [-0.2, 0) is 0 Å². The molecule has 0 aliphatic heterocycles. The summed E-state index contributed by atoms with van der Waals surface area (Å²) in [7, 11) is 0. The molecule has 0 atom stereocenters. The highest BCUT2D eigenvalue weighted by atomic mass is 127. The average Bonchev–Trinajstić information content (AvgIpc) is 2.35. The topological polar surface area (TPSA) is 57.8 Å². The lowest BCUT2D eigenvalue weighted by Gasteiger charge is -2.06. The van der Waals surface area contributed by atoms with Gasteiger partial charge in [0.1, 0.15) is 3.57 Å². The molecule has 4 nitrogen and oxygen atoms in total. The zero-order chi connectivity index (χ0) is 12.3. The first-order chi connectivity index (χ1) is 8.20. The van der Waals surface area contributed by atoms with Crippen molar-refractivity contribution in [1.82, 2.24) is 9.97 Å². The Morgan fingerprint density at radius 1 is 1.47 bits per heavy atom. The van der Waals surface area contributed by atoms with Crippen molar-refractivity contribution in [3.8, 4) is 12.3 Å². The third kappa shape index (κ3) is 2.65. The van der Waals surface area contributed by atoms with Crippen LogP contribution in [0.25, 0.3) is 0 Å². The molecule has 0 bridgehead atoms. The summed E-state index contributed by atoms with van der Waals surface area (Å²) in [6.45, 7) is 0. The fraction of sp³-hybridized carbons (Fsp3) is 0. The van der Waals surface area contributed by atoms with Crippen molar-refractivity contribution >= 4 is 34.1 Å². The molecule has 2 N–H and O–H groups in total. The third-order valence-corrected chi connectivity index (χ3v) is 3.09. The smallest absolute Gasteiger partial charge is 0.266 e. The van der Waals surface area contributed by atoms with Crippen molar-refractivity contribution in [3.63, 3.8) is 0 Å². The summed E-state index contributed by atoms with van der Waals surface area (Å²) in [5.41, 5.74) is 1.41. The summed E-state index contributed by atoms with van der Waals surface area (Å²) in [5.74, 6) is 3.07. The van der Waals surface area contributed by atoms with E-state index >= 15 is 0 Å². The number of hydrogen-bond acceptors (Lipinski definition) is 3. The number of anilines is 2. The van der Waals surface area contributed by atoms with Gasteiger partial charge in [-0.2, -0.15) is 0 Å². The van der Waals surface area contributed by atoms with Crippen molar-refractivity contribution in [2.24, 2.45) is 0 Å². The molecule has 0 saturated carbocycles. The molecular weight excluding hydrogens is 329 g/mol. The summed E-state index contributed by atoms with van der Waals surface area (Å²) >= 11 is 1.94. The van der Waals surface area contributed by atoms with Crippen molar-refractivity contribution in [2.75, 3.05) is 5.32 Å². The lowest BCUT2D eigenvalue weighted by atomic mass is 10.2. The molecule has 0 amide bonds. The van der Waals surface area contributed by atoms with Gasteiger partial charge in [-0.15, -0.1) is 6.42 Å². The van der Waals surface area contributed by atoms with E-state index in [0.29, 0.717) is 9.39 Å². The number of halogens is 1. The summed E-state index contributed by atoms with van der Waals surface area (Å²) in [6, 6.07) is 7.36. The lowest BCUT2D eigenvalue weighted by Crippen LogP contribution is -2.12. The van der Waals surface area contributed by atoms with E-state index in [1.54, 1.807) is 0 Å². The first-order valence-electron chi connectivity index (χ1n) is 4.77. The van der Waals surface area contributed by atoms with Gasteiger partial charge in [-0.3, -0.25) is 4.79 Å². The molecule has 0 unspecified atom stereocenters. The minimum atomic E-state index is -0.170. The van der Waals surface area contributed by atoms with E-state index in [0.717, 1.165) is 11.3 Å². The molecule has 0 aliphatic rings. The molecule has 1 aromatic carbocycles. The predicted molar refractivity (Wildman–Crippen MR) is 75.2 cm³/mol. The van der Waals surface area contributed by atoms with Crippen LogP contribution in [0.2, 0.25) is 0 Å². The number of H-pyrrole nitrogens is 1. The highest BCUT2D eigenvalue weighted by Gasteiger charge is 2.05. The maximum atomic E-state index is 11.4. The standard InChI is InChI=1S/C12H8IN3O/c1-2-8-4-3-5-9(6-8)16-11-10(13)12(17)15-7-14-11/h1,3-7H,(H2,14,15,16,17). The number of rotatable bonds is 2. The van der Waals surface area contributed by atoms with E-state index in [-0.39, 0.29) is 5.56 Å². The molecule has 0 spiro atoms. The average molecular weight is 337 g/mol. The SMILES string of the molecule is C#Cc1cccc(Nc2nc[nH]c(=O)c2I)c1. The van der Waals surface area contributed by atoms with Gasteiger partial charge in [-0.25, -0.2) is 4.98 Å². The zero-order valence-corrected chi connectivity index (χ0v) is 10.9. The van der Waals surface area contributed by atoms with E-state index in [9.17, 15) is 4.79 Å². The molecule has 1 aromatic heterocycles. The first kappa shape index (κ1) is 11.7. The molecule has 0 saturated heterocycles. The summed E-state index contributed by atoms with van der Waals surface area (Å²) in [5, 5.41) is 3.05. The Morgan fingerprint density at radius 3 is 3.06 bits per heavy atom. The van der Waals surface area contributed by atoms with Crippen LogP contribution in [0.3, 0.4) is 0 Å². The zero-order valence-electron chi connectivity index (χ0n) is 8.70. The number of aromatic nitrogens is 2. The van der Waals surface area contributed by atoms with Crippen LogP contribution in [0.4, 0.5) is 11.5 Å². The van der Waals surface area contributed by atoms with Crippen molar-refractivity contribution in [2.45, 2.75) is 0 Å². The van der Waals surface area contributed by atoms with Gasteiger partial charge in [-0.05, 0) is 40.8 Å². The molecule has 1 heterocycles. The van der Waals surface area contributed by atoms with Gasteiger partial charge < -0.3 is 10.3 Å². The Morgan fingerprint density at radius 2 is 2.29 bits per heavy atom. The van der Waals surface area contributed by atoms with Crippen LogP contribution >= 0.6 is 22.6 Å². The van der Waals surface area contributed by atoms with Crippen LogP contribution in [0.5, 0.6) is 0 Å². The normalized spacial score (nSPS) is 9.65. The van der Waals surface area contributed by atoms with Gasteiger partial charge >= 0.3 is 0 Å². The molecular formula is C12H8IN3O. The Balaban J connectivity index is 2.35. The fourth-order valence-electron chi connectivity index (χ4n) is 1.29. The number of terminal acetylenes is 1. The molecule has 0 radical (unpaired) electrons. The second-order valence-corrected chi connectivity index (χ2v) is 4.32. The van der Waals surface area contributed by atoms with Crippen molar-refractivity contribution in [3.05, 3.63) is 50.1 Å². The molecule has 0 fully saturated rings. The maximum Gasteiger partial charge on any atom is 0.266 e. The minimum Gasteiger partial charge on any atom is -0.339 e. The van der Waals surface area contributed by atoms with E-state index in [4.69, 9.17) is 6.42 Å². The van der Waals surface area contributed by atoms with Gasteiger partial charge in [0.05, 0.1) is 6.33 Å². The largest absolute Gasteiger partial charge is 0.339 e. The van der Waals surface area contributed by atoms with Crippen LogP contribution in [0, 0.1) is 15.9 Å². The number of nitrogens with one attached hydrogen (secondary N) is 2. The van der Waals surface area contributed by atoms with E-state index in [1.165, 1.54) is 6.33 Å². The molecule has 17 heavy (non-hydrogen) atoms. The van der Waals surface area contributed by atoms with Crippen molar-refractivity contribution < 1.29 is 0 Å². The summed E-state index contributed by atoms with van der Waals surface area (Å²) in [6.07, 6.45) is 6.68. The highest BCUT2D eigenvalue weighted by molar-refractivity contribution is 14.1. The van der Waals surface area contributed by atoms with Crippen LogP contribution in [0.15, 0.2) is 35.4 Å². The Bertz CT molecular complexity index is 643. The van der Waals surface area contributed by atoms with E-state index < -0.39 is 0 Å². The van der Waals surface area contributed by atoms with E-state index in [2.05, 4.69) is 21.2 Å². The molecule has 84 valence electrons. The monoisotopic (exact) mass is 337 g/mol. The van der Waals surface area contributed by atoms with Crippen LogP contribution in [0.1, 0.15) is 5.56 Å². The predicted octanol–water partition coefficient (Wildman–Crippen LogP) is 2.10. The fourth-order valence-corrected chi connectivity index (χ4v) is 1.72. The van der Waals surface area contributed by atoms with E-state index in [1.807, 2.05) is 46.9 Å². The third-order valence-electron chi connectivity index (χ3n) is 2.09. The maximum absolute atomic E-state index is 11.4. The Hall–Kier alpha value is -1.81. The summed E-state index contributed by atoms with van der Waals surface area (Å²) < 4.78 is 0.510. The highest BCUT2D eigenvalue weighted by Crippen LogP contribution is 2.17. The number of hydrogen-bond donors (Lipinski definition) is 2. The summed E-state index contributed by atoms with van der Waals surface area (Å²) in [4.78, 5) is 17.9. The number of nitrogens with zero attached hydrogens (tertiary/aromatic N) is 1.